The Kier molecular flexibility index (Phi) is 5.26. The number of nitro groups is 1. The average molecular weight is 271 g/mol. The summed E-state index contributed by atoms with van der Waals surface area (Å²) in [6.45, 7) is 0.242. The van der Waals surface area contributed by atoms with Gasteiger partial charge in [-0.1, -0.05) is 11.6 Å². The van der Waals surface area contributed by atoms with E-state index in [1.807, 2.05) is 0 Å². The molecule has 1 aromatic carbocycles. The molecule has 18 heavy (non-hydrogen) atoms. The van der Waals surface area contributed by atoms with E-state index >= 15 is 0 Å². The van der Waals surface area contributed by atoms with Gasteiger partial charge in [-0.25, -0.2) is 0 Å². The maximum Gasteiger partial charge on any atom is 0.307 e. The van der Waals surface area contributed by atoms with Crippen molar-refractivity contribution >= 4 is 29.5 Å². The van der Waals surface area contributed by atoms with Crippen LogP contribution in [0, 0.1) is 10.1 Å². The summed E-state index contributed by atoms with van der Waals surface area (Å²) in [5.74, 6) is -0.364. The van der Waals surface area contributed by atoms with Gasteiger partial charge in [0.1, 0.15) is 0 Å². The largest absolute Gasteiger partial charge is 0.469 e. The minimum atomic E-state index is -0.512. The fourth-order valence-electron chi connectivity index (χ4n) is 1.16. The first-order valence-electron chi connectivity index (χ1n) is 5.05. The highest BCUT2D eigenvalue weighted by molar-refractivity contribution is 6.33. The first kappa shape index (κ1) is 14.1. The van der Waals surface area contributed by atoms with Crippen LogP contribution < -0.4 is 0 Å². The Balaban J connectivity index is 2.71. The summed E-state index contributed by atoms with van der Waals surface area (Å²) in [6, 6.07) is 4.07. The minimum absolute atomic E-state index is 0.0613. The van der Waals surface area contributed by atoms with Gasteiger partial charge in [-0.05, 0) is 6.07 Å². The predicted octanol–water partition coefficient (Wildman–Crippen LogP) is 2.23. The van der Waals surface area contributed by atoms with Crippen molar-refractivity contribution in [2.75, 3.05) is 13.7 Å². The van der Waals surface area contributed by atoms with Gasteiger partial charge in [-0.3, -0.25) is 19.9 Å². The van der Waals surface area contributed by atoms with E-state index in [1.54, 1.807) is 0 Å². The second-order valence-electron chi connectivity index (χ2n) is 3.32. The number of nitrogens with zero attached hydrogens (tertiary/aromatic N) is 2. The minimum Gasteiger partial charge on any atom is -0.469 e. The van der Waals surface area contributed by atoms with Crippen molar-refractivity contribution in [1.82, 2.24) is 0 Å². The molecule has 0 radical (unpaired) electrons. The number of carbonyl (C=O) groups is 1. The van der Waals surface area contributed by atoms with Crippen LogP contribution in [0.5, 0.6) is 0 Å². The molecule has 0 aliphatic rings. The molecule has 0 saturated carbocycles. The van der Waals surface area contributed by atoms with Crippen molar-refractivity contribution in [2.45, 2.75) is 6.42 Å². The highest BCUT2D eigenvalue weighted by atomic mass is 35.5. The third-order valence-corrected chi connectivity index (χ3v) is 2.44. The summed E-state index contributed by atoms with van der Waals surface area (Å²) >= 11 is 5.86. The normalized spacial score (nSPS) is 10.6. The zero-order valence-corrected chi connectivity index (χ0v) is 10.4. The zero-order chi connectivity index (χ0) is 13.5. The van der Waals surface area contributed by atoms with Crippen LogP contribution in [0.3, 0.4) is 0 Å². The fraction of sp³-hybridized carbons (Fsp3) is 0.273. The van der Waals surface area contributed by atoms with Gasteiger partial charge in [0.15, 0.2) is 0 Å². The molecule has 7 heteroatoms. The van der Waals surface area contributed by atoms with E-state index in [-0.39, 0.29) is 24.6 Å². The van der Waals surface area contributed by atoms with E-state index in [9.17, 15) is 14.9 Å². The van der Waals surface area contributed by atoms with Crippen molar-refractivity contribution in [3.8, 4) is 0 Å². The van der Waals surface area contributed by atoms with Crippen molar-refractivity contribution < 1.29 is 14.5 Å². The Morgan fingerprint density at radius 1 is 1.61 bits per heavy atom. The molecule has 6 nitrogen and oxygen atoms in total. The van der Waals surface area contributed by atoms with Gasteiger partial charge in [0.05, 0.1) is 18.5 Å². The summed E-state index contributed by atoms with van der Waals surface area (Å²) in [4.78, 5) is 24.8. The Morgan fingerprint density at radius 3 is 2.94 bits per heavy atom. The molecule has 0 heterocycles. The summed E-state index contributed by atoms with van der Waals surface area (Å²) < 4.78 is 4.45. The van der Waals surface area contributed by atoms with Crippen molar-refractivity contribution in [1.29, 1.82) is 0 Å². The lowest BCUT2D eigenvalue weighted by atomic mass is 10.2. The molecule has 0 aliphatic heterocycles. The average Bonchev–Trinajstić information content (AvgIpc) is 2.35. The molecular weight excluding hydrogens is 260 g/mol. The second kappa shape index (κ2) is 6.70. The molecule has 0 spiro atoms. The molecular formula is C11H11ClN2O4. The lowest BCUT2D eigenvalue weighted by molar-refractivity contribution is -0.384. The van der Waals surface area contributed by atoms with E-state index in [2.05, 4.69) is 9.73 Å². The van der Waals surface area contributed by atoms with Gasteiger partial charge in [0, 0.05) is 35.5 Å². The van der Waals surface area contributed by atoms with Crippen LogP contribution in [0.15, 0.2) is 23.2 Å². The smallest absolute Gasteiger partial charge is 0.307 e. The standard InChI is InChI=1S/C11H11ClN2O4/c1-18-11(15)4-5-13-7-8-6-9(14(16)17)2-3-10(8)12/h2-3,6-7H,4-5H2,1H3. The molecule has 96 valence electrons. The van der Waals surface area contributed by atoms with E-state index in [4.69, 9.17) is 11.6 Å². The summed E-state index contributed by atoms with van der Waals surface area (Å²) in [5, 5.41) is 10.9. The van der Waals surface area contributed by atoms with Crippen LogP contribution in [-0.4, -0.2) is 30.8 Å². The number of benzene rings is 1. The number of nitro benzene ring substituents is 1. The van der Waals surface area contributed by atoms with Crippen molar-refractivity contribution in [2.24, 2.45) is 4.99 Å². The molecule has 0 aliphatic carbocycles. The lowest BCUT2D eigenvalue weighted by Crippen LogP contribution is -2.01. The SMILES string of the molecule is COC(=O)CCN=Cc1cc([N+](=O)[O-])ccc1Cl. The topological polar surface area (TPSA) is 81.8 Å². The predicted molar refractivity (Wildman–Crippen MR) is 67.2 cm³/mol. The Hall–Kier alpha value is -1.95. The number of rotatable bonds is 5. The van der Waals surface area contributed by atoms with Crippen LogP contribution in [0.4, 0.5) is 5.69 Å². The van der Waals surface area contributed by atoms with E-state index < -0.39 is 4.92 Å². The molecule has 0 fully saturated rings. The molecule has 0 N–H and O–H groups in total. The number of esters is 1. The van der Waals surface area contributed by atoms with Crippen LogP contribution in [0.2, 0.25) is 5.02 Å². The molecule has 0 unspecified atom stereocenters. The number of methoxy groups -OCH3 is 1. The summed E-state index contributed by atoms with van der Waals surface area (Å²) in [5.41, 5.74) is 0.379. The maximum atomic E-state index is 10.8. The second-order valence-corrected chi connectivity index (χ2v) is 3.73. The van der Waals surface area contributed by atoms with Crippen LogP contribution >= 0.6 is 11.6 Å². The number of halogens is 1. The third-order valence-electron chi connectivity index (χ3n) is 2.09. The number of hydrogen-bond acceptors (Lipinski definition) is 5. The Morgan fingerprint density at radius 2 is 2.33 bits per heavy atom. The lowest BCUT2D eigenvalue weighted by Gasteiger charge is -1.98. The first-order valence-corrected chi connectivity index (χ1v) is 5.43. The molecule has 0 saturated heterocycles. The van der Waals surface area contributed by atoms with Crippen molar-refractivity contribution in [3.63, 3.8) is 0 Å². The Labute approximate surface area is 108 Å². The van der Waals surface area contributed by atoms with Crippen LogP contribution in [0.25, 0.3) is 0 Å². The van der Waals surface area contributed by atoms with Gasteiger partial charge in [0.25, 0.3) is 5.69 Å². The monoisotopic (exact) mass is 270 g/mol. The first-order chi connectivity index (χ1) is 8.54. The maximum absolute atomic E-state index is 10.8. The van der Waals surface area contributed by atoms with Gasteiger partial charge in [-0.15, -0.1) is 0 Å². The number of ether oxygens (including phenoxy) is 1. The molecule has 0 bridgehead atoms. The Bertz CT molecular complexity index is 488. The van der Waals surface area contributed by atoms with Gasteiger partial charge in [-0.2, -0.15) is 0 Å². The highest BCUT2D eigenvalue weighted by Crippen LogP contribution is 2.20. The van der Waals surface area contributed by atoms with Crippen molar-refractivity contribution in [3.05, 3.63) is 38.9 Å². The fourth-order valence-corrected chi connectivity index (χ4v) is 1.33. The van der Waals surface area contributed by atoms with Gasteiger partial charge >= 0.3 is 5.97 Å². The van der Waals surface area contributed by atoms with E-state index in [0.29, 0.717) is 10.6 Å². The molecule has 0 amide bonds. The summed E-state index contributed by atoms with van der Waals surface area (Å²) in [6.07, 6.45) is 1.55. The third kappa shape index (κ3) is 4.14. The van der Waals surface area contributed by atoms with Crippen LogP contribution in [0.1, 0.15) is 12.0 Å². The van der Waals surface area contributed by atoms with E-state index in [1.165, 1.54) is 31.5 Å². The molecule has 0 aromatic heterocycles. The highest BCUT2D eigenvalue weighted by Gasteiger charge is 2.08. The van der Waals surface area contributed by atoms with Gasteiger partial charge in [0.2, 0.25) is 0 Å². The number of carbonyl (C=O) groups excluding carboxylic acids is 1. The quantitative estimate of drug-likeness (QED) is 0.355. The van der Waals surface area contributed by atoms with E-state index in [0.717, 1.165) is 0 Å². The number of non-ortho nitro benzene ring substituents is 1. The zero-order valence-electron chi connectivity index (χ0n) is 9.63. The number of aliphatic imine (C=N–C) groups is 1. The molecule has 1 aromatic rings. The molecule has 0 atom stereocenters. The van der Waals surface area contributed by atoms with Crippen LogP contribution in [-0.2, 0) is 9.53 Å². The van der Waals surface area contributed by atoms with Gasteiger partial charge < -0.3 is 4.74 Å². The number of hydrogen-bond donors (Lipinski definition) is 0. The molecule has 1 rings (SSSR count). The summed E-state index contributed by atoms with van der Waals surface area (Å²) in [7, 11) is 1.30.